The van der Waals surface area contributed by atoms with Crippen LogP contribution < -0.4 is 4.90 Å². The number of halogens is 1. The molecule has 1 aliphatic heterocycles. The van der Waals surface area contributed by atoms with Gasteiger partial charge in [-0.25, -0.2) is 4.39 Å². The first kappa shape index (κ1) is 14.0. The van der Waals surface area contributed by atoms with Crippen molar-refractivity contribution in [1.29, 1.82) is 0 Å². The second-order valence-corrected chi connectivity index (χ2v) is 5.17. The van der Waals surface area contributed by atoms with E-state index in [1.165, 1.54) is 12.1 Å². The lowest BCUT2D eigenvalue weighted by molar-refractivity contribution is -0.123. The summed E-state index contributed by atoms with van der Waals surface area (Å²) in [4.78, 5) is 16.0. The highest BCUT2D eigenvalue weighted by molar-refractivity contribution is 5.97. The van der Waals surface area contributed by atoms with Crippen LogP contribution in [0.4, 0.5) is 10.1 Å². The SMILES string of the molecule is CC1CN(c2ccc(F)cc2)C(=O)C(CO)N(C)C1. The van der Waals surface area contributed by atoms with Crippen LogP contribution in [-0.4, -0.2) is 48.7 Å². The standard InChI is InChI=1S/C14H19FN2O2/c1-10-7-16(2)13(9-18)14(19)17(8-10)12-5-3-11(15)4-6-12/h3-6,10,13,18H,7-9H2,1-2H3. The average Bonchev–Trinajstić information content (AvgIpc) is 2.47. The van der Waals surface area contributed by atoms with E-state index < -0.39 is 6.04 Å². The molecule has 1 amide bonds. The number of rotatable bonds is 2. The van der Waals surface area contributed by atoms with Crippen molar-refractivity contribution in [3.05, 3.63) is 30.1 Å². The topological polar surface area (TPSA) is 43.8 Å². The van der Waals surface area contributed by atoms with Gasteiger partial charge in [-0.3, -0.25) is 9.69 Å². The number of anilines is 1. The minimum atomic E-state index is -0.532. The van der Waals surface area contributed by atoms with Crippen molar-refractivity contribution >= 4 is 11.6 Å². The van der Waals surface area contributed by atoms with Gasteiger partial charge in [-0.2, -0.15) is 0 Å². The fourth-order valence-corrected chi connectivity index (χ4v) is 2.52. The van der Waals surface area contributed by atoms with Crippen LogP contribution in [0.2, 0.25) is 0 Å². The predicted molar refractivity (Wildman–Crippen MR) is 71.4 cm³/mol. The first-order chi connectivity index (χ1) is 9.02. The molecule has 1 aromatic rings. The minimum Gasteiger partial charge on any atom is -0.394 e. The lowest BCUT2D eigenvalue weighted by Gasteiger charge is -2.26. The third kappa shape index (κ3) is 2.93. The summed E-state index contributed by atoms with van der Waals surface area (Å²) in [5.41, 5.74) is 0.673. The van der Waals surface area contributed by atoms with Gasteiger partial charge in [-0.1, -0.05) is 6.92 Å². The molecule has 1 aromatic carbocycles. The summed E-state index contributed by atoms with van der Waals surface area (Å²) in [7, 11) is 1.84. The molecule has 5 heteroatoms. The number of hydrogen-bond acceptors (Lipinski definition) is 3. The van der Waals surface area contributed by atoms with Gasteiger partial charge in [-0.05, 0) is 37.2 Å². The molecular formula is C14H19FN2O2. The highest BCUT2D eigenvalue weighted by atomic mass is 19.1. The van der Waals surface area contributed by atoms with Gasteiger partial charge in [-0.15, -0.1) is 0 Å². The summed E-state index contributed by atoms with van der Waals surface area (Å²) >= 11 is 0. The van der Waals surface area contributed by atoms with E-state index in [0.717, 1.165) is 6.54 Å². The lowest BCUT2D eigenvalue weighted by Crippen LogP contribution is -2.46. The van der Waals surface area contributed by atoms with E-state index in [4.69, 9.17) is 0 Å². The quantitative estimate of drug-likeness (QED) is 0.872. The number of benzene rings is 1. The van der Waals surface area contributed by atoms with E-state index >= 15 is 0 Å². The molecule has 0 spiro atoms. The van der Waals surface area contributed by atoms with Crippen molar-refractivity contribution in [2.24, 2.45) is 5.92 Å². The maximum atomic E-state index is 13.0. The van der Waals surface area contributed by atoms with E-state index in [1.54, 1.807) is 17.0 Å². The van der Waals surface area contributed by atoms with Gasteiger partial charge in [0.1, 0.15) is 11.9 Å². The van der Waals surface area contributed by atoms with Crippen LogP contribution in [0.5, 0.6) is 0 Å². The van der Waals surface area contributed by atoms with Crippen LogP contribution in [0.15, 0.2) is 24.3 Å². The summed E-state index contributed by atoms with van der Waals surface area (Å²) in [5, 5.41) is 9.40. The van der Waals surface area contributed by atoms with Gasteiger partial charge in [0.15, 0.2) is 0 Å². The number of amides is 1. The number of nitrogens with zero attached hydrogens (tertiary/aromatic N) is 2. The van der Waals surface area contributed by atoms with Gasteiger partial charge < -0.3 is 10.0 Å². The molecule has 1 saturated heterocycles. The van der Waals surface area contributed by atoms with Crippen molar-refractivity contribution in [3.8, 4) is 0 Å². The predicted octanol–water partition coefficient (Wildman–Crippen LogP) is 1.10. The van der Waals surface area contributed by atoms with E-state index in [-0.39, 0.29) is 24.2 Å². The number of carbonyl (C=O) groups excluding carboxylic acids is 1. The molecule has 0 radical (unpaired) electrons. The molecule has 0 aliphatic carbocycles. The Bertz CT molecular complexity index is 449. The lowest BCUT2D eigenvalue weighted by atomic mass is 10.1. The summed E-state index contributed by atoms with van der Waals surface area (Å²) in [5.74, 6) is -0.175. The van der Waals surface area contributed by atoms with Crippen LogP contribution in [0.25, 0.3) is 0 Å². The fraction of sp³-hybridized carbons (Fsp3) is 0.500. The minimum absolute atomic E-state index is 0.138. The first-order valence-corrected chi connectivity index (χ1v) is 6.41. The van der Waals surface area contributed by atoms with Crippen molar-refractivity contribution < 1.29 is 14.3 Å². The Morgan fingerprint density at radius 2 is 1.95 bits per heavy atom. The first-order valence-electron chi connectivity index (χ1n) is 6.41. The molecule has 1 N–H and O–H groups in total. The molecule has 4 nitrogen and oxygen atoms in total. The molecule has 1 aliphatic rings. The fourth-order valence-electron chi connectivity index (χ4n) is 2.52. The van der Waals surface area contributed by atoms with Gasteiger partial charge in [0.25, 0.3) is 0 Å². The molecular weight excluding hydrogens is 247 g/mol. The Morgan fingerprint density at radius 1 is 1.32 bits per heavy atom. The molecule has 0 aromatic heterocycles. The number of likely N-dealkylation sites (N-methyl/N-ethyl adjacent to an activating group) is 1. The van der Waals surface area contributed by atoms with Crippen molar-refractivity contribution in [2.45, 2.75) is 13.0 Å². The Balaban J connectivity index is 2.31. The molecule has 19 heavy (non-hydrogen) atoms. The highest BCUT2D eigenvalue weighted by Gasteiger charge is 2.33. The van der Waals surface area contributed by atoms with Crippen LogP contribution in [0.3, 0.4) is 0 Å². The van der Waals surface area contributed by atoms with Gasteiger partial charge in [0, 0.05) is 18.8 Å². The molecule has 104 valence electrons. The van der Waals surface area contributed by atoms with E-state index in [9.17, 15) is 14.3 Å². The summed E-state index contributed by atoms with van der Waals surface area (Å²) in [6.45, 7) is 3.17. The Hall–Kier alpha value is -1.46. The summed E-state index contributed by atoms with van der Waals surface area (Å²) in [6.07, 6.45) is 0. The molecule has 2 unspecified atom stereocenters. The molecule has 1 heterocycles. The molecule has 0 saturated carbocycles. The third-order valence-electron chi connectivity index (χ3n) is 3.49. The highest BCUT2D eigenvalue weighted by Crippen LogP contribution is 2.22. The summed E-state index contributed by atoms with van der Waals surface area (Å²) < 4.78 is 13.0. The van der Waals surface area contributed by atoms with Crippen LogP contribution >= 0.6 is 0 Å². The Morgan fingerprint density at radius 3 is 2.53 bits per heavy atom. The zero-order valence-electron chi connectivity index (χ0n) is 11.2. The second-order valence-electron chi connectivity index (χ2n) is 5.17. The van der Waals surface area contributed by atoms with E-state index in [0.29, 0.717) is 12.2 Å². The Labute approximate surface area is 112 Å². The molecule has 0 bridgehead atoms. The van der Waals surface area contributed by atoms with E-state index in [2.05, 4.69) is 6.92 Å². The maximum absolute atomic E-state index is 13.0. The largest absolute Gasteiger partial charge is 0.394 e. The zero-order chi connectivity index (χ0) is 14.0. The maximum Gasteiger partial charge on any atom is 0.246 e. The number of aliphatic hydroxyl groups is 1. The Kier molecular flexibility index (Phi) is 4.17. The third-order valence-corrected chi connectivity index (χ3v) is 3.49. The second kappa shape index (κ2) is 5.67. The van der Waals surface area contributed by atoms with Gasteiger partial charge >= 0.3 is 0 Å². The molecule has 1 fully saturated rings. The van der Waals surface area contributed by atoms with Crippen LogP contribution in [0, 0.1) is 11.7 Å². The van der Waals surface area contributed by atoms with Crippen molar-refractivity contribution in [1.82, 2.24) is 4.90 Å². The van der Waals surface area contributed by atoms with Gasteiger partial charge in [0.2, 0.25) is 5.91 Å². The smallest absolute Gasteiger partial charge is 0.246 e. The molecule has 2 rings (SSSR count). The monoisotopic (exact) mass is 266 g/mol. The van der Waals surface area contributed by atoms with Crippen LogP contribution in [-0.2, 0) is 4.79 Å². The van der Waals surface area contributed by atoms with Crippen molar-refractivity contribution in [2.75, 3.05) is 31.6 Å². The number of hydrogen-bond donors (Lipinski definition) is 1. The van der Waals surface area contributed by atoms with Crippen molar-refractivity contribution in [3.63, 3.8) is 0 Å². The zero-order valence-corrected chi connectivity index (χ0v) is 11.2. The summed E-state index contributed by atoms with van der Waals surface area (Å²) in [6, 6.07) is 5.35. The number of aliphatic hydroxyl groups excluding tert-OH is 1. The van der Waals surface area contributed by atoms with Crippen LogP contribution in [0.1, 0.15) is 6.92 Å². The normalized spacial score (nSPS) is 25.5. The number of carbonyl (C=O) groups is 1. The van der Waals surface area contributed by atoms with E-state index in [1.807, 2.05) is 11.9 Å². The average molecular weight is 266 g/mol. The van der Waals surface area contributed by atoms with Gasteiger partial charge in [0.05, 0.1) is 6.61 Å². The molecule has 2 atom stereocenters.